The minimum atomic E-state index is -0.346. The zero-order chi connectivity index (χ0) is 20.6. The molecule has 162 valence electrons. The van der Waals surface area contributed by atoms with Gasteiger partial charge in [-0.1, -0.05) is 19.1 Å². The lowest BCUT2D eigenvalue weighted by Gasteiger charge is -2.40. The van der Waals surface area contributed by atoms with Gasteiger partial charge in [-0.15, -0.1) is 12.4 Å². The van der Waals surface area contributed by atoms with E-state index in [1.165, 1.54) is 23.3 Å². The molecule has 2 aromatic rings. The number of rotatable bonds is 5. The quantitative estimate of drug-likeness (QED) is 0.610. The third-order valence-electron chi connectivity index (χ3n) is 6.30. The summed E-state index contributed by atoms with van der Waals surface area (Å²) in [6.45, 7) is 8.14. The van der Waals surface area contributed by atoms with Crippen LogP contribution in [0.4, 0.5) is 4.39 Å². The van der Waals surface area contributed by atoms with Crippen LogP contribution in [0.15, 0.2) is 42.0 Å². The van der Waals surface area contributed by atoms with Gasteiger partial charge in [0.25, 0.3) is 0 Å². The second kappa shape index (κ2) is 8.99. The van der Waals surface area contributed by atoms with Gasteiger partial charge in [-0.2, -0.15) is 0 Å². The Morgan fingerprint density at radius 2 is 1.93 bits per heavy atom. The SMILES string of the molecule is CC(CCCc1ccc(F)cc1)c1cc(O)c2c(c1)OC(C)(C)C1=C2CNCC1.Cl. The maximum absolute atomic E-state index is 13.0. The van der Waals surface area contributed by atoms with E-state index in [9.17, 15) is 9.50 Å². The maximum Gasteiger partial charge on any atom is 0.132 e. The Bertz CT molecular complexity index is 937. The van der Waals surface area contributed by atoms with Crippen molar-refractivity contribution in [3.8, 4) is 11.5 Å². The molecule has 0 bridgehead atoms. The molecule has 0 radical (unpaired) electrons. The molecule has 0 fully saturated rings. The van der Waals surface area contributed by atoms with Crippen LogP contribution in [0, 0.1) is 5.82 Å². The fraction of sp³-hybridized carbons (Fsp3) is 0.440. The first-order valence-electron chi connectivity index (χ1n) is 10.6. The average Bonchev–Trinajstić information content (AvgIpc) is 2.68. The van der Waals surface area contributed by atoms with Gasteiger partial charge in [0.15, 0.2) is 0 Å². The number of phenols is 1. The van der Waals surface area contributed by atoms with E-state index < -0.39 is 0 Å². The molecule has 0 saturated heterocycles. The normalized spacial score (nSPS) is 18.0. The second-order valence-corrected chi connectivity index (χ2v) is 8.83. The van der Waals surface area contributed by atoms with E-state index in [0.29, 0.717) is 11.7 Å². The molecule has 2 aromatic carbocycles. The van der Waals surface area contributed by atoms with E-state index in [2.05, 4.69) is 32.2 Å². The number of nitrogens with one attached hydrogen (secondary N) is 1. The molecular formula is C25H31ClFNO2. The minimum absolute atomic E-state index is 0. The number of aromatic hydroxyl groups is 1. The van der Waals surface area contributed by atoms with Gasteiger partial charge in [0.1, 0.15) is 22.9 Å². The highest BCUT2D eigenvalue weighted by molar-refractivity contribution is 5.85. The fourth-order valence-electron chi connectivity index (χ4n) is 4.64. The number of aryl methyl sites for hydroxylation is 1. The molecule has 0 amide bonds. The minimum Gasteiger partial charge on any atom is -0.507 e. The zero-order valence-electron chi connectivity index (χ0n) is 17.9. The summed E-state index contributed by atoms with van der Waals surface area (Å²) >= 11 is 0. The molecule has 0 aliphatic carbocycles. The van der Waals surface area contributed by atoms with Crippen molar-refractivity contribution < 1.29 is 14.2 Å². The van der Waals surface area contributed by atoms with E-state index in [1.807, 2.05) is 18.2 Å². The smallest absolute Gasteiger partial charge is 0.132 e. The van der Waals surface area contributed by atoms with Crippen LogP contribution in [-0.4, -0.2) is 23.8 Å². The monoisotopic (exact) mass is 431 g/mol. The van der Waals surface area contributed by atoms with Crippen LogP contribution in [0.5, 0.6) is 11.5 Å². The third-order valence-corrected chi connectivity index (χ3v) is 6.30. The molecule has 0 spiro atoms. The number of hydrogen-bond donors (Lipinski definition) is 2. The van der Waals surface area contributed by atoms with Gasteiger partial charge in [-0.3, -0.25) is 0 Å². The van der Waals surface area contributed by atoms with E-state index in [1.54, 1.807) is 0 Å². The first kappa shape index (κ1) is 22.6. The van der Waals surface area contributed by atoms with Gasteiger partial charge in [-0.25, -0.2) is 4.39 Å². The van der Waals surface area contributed by atoms with Crippen LogP contribution in [0.3, 0.4) is 0 Å². The lowest BCUT2D eigenvalue weighted by molar-refractivity contribution is 0.137. The Kier molecular flexibility index (Phi) is 6.78. The molecule has 3 nitrogen and oxygen atoms in total. The Balaban J connectivity index is 0.00000256. The van der Waals surface area contributed by atoms with E-state index in [4.69, 9.17) is 4.74 Å². The summed E-state index contributed by atoms with van der Waals surface area (Å²) in [5.41, 5.74) is 5.25. The number of hydrogen-bond acceptors (Lipinski definition) is 3. The van der Waals surface area contributed by atoms with E-state index in [0.717, 1.165) is 61.2 Å². The fourth-order valence-corrected chi connectivity index (χ4v) is 4.64. The van der Waals surface area contributed by atoms with E-state index in [-0.39, 0.29) is 23.8 Å². The first-order valence-corrected chi connectivity index (χ1v) is 10.6. The highest BCUT2D eigenvalue weighted by Crippen LogP contribution is 2.48. The Labute approximate surface area is 184 Å². The molecule has 1 atom stereocenters. The van der Waals surface area contributed by atoms with Crippen molar-refractivity contribution in [2.75, 3.05) is 13.1 Å². The maximum atomic E-state index is 13.0. The molecule has 2 N–H and O–H groups in total. The van der Waals surface area contributed by atoms with Crippen LogP contribution in [-0.2, 0) is 6.42 Å². The number of benzene rings is 2. The summed E-state index contributed by atoms with van der Waals surface area (Å²) in [5, 5.41) is 14.3. The number of fused-ring (bicyclic) bond motifs is 2. The number of ether oxygens (including phenoxy) is 1. The number of phenolic OH excluding ortho intramolecular Hbond substituents is 1. The van der Waals surface area contributed by atoms with Gasteiger partial charge in [0, 0.05) is 6.54 Å². The Morgan fingerprint density at radius 3 is 2.67 bits per heavy atom. The molecule has 5 heteroatoms. The van der Waals surface area contributed by atoms with Gasteiger partial charge in [0.05, 0.1) is 5.56 Å². The summed E-state index contributed by atoms with van der Waals surface area (Å²) in [6.07, 6.45) is 3.88. The van der Waals surface area contributed by atoms with Gasteiger partial charge in [0.2, 0.25) is 0 Å². The molecule has 4 rings (SSSR count). The average molecular weight is 432 g/mol. The van der Waals surface area contributed by atoms with Crippen molar-refractivity contribution in [2.24, 2.45) is 0 Å². The lowest BCUT2D eigenvalue weighted by Crippen LogP contribution is -2.40. The topological polar surface area (TPSA) is 41.5 Å². The van der Waals surface area contributed by atoms with Gasteiger partial charge < -0.3 is 15.2 Å². The lowest BCUT2D eigenvalue weighted by atomic mass is 9.81. The van der Waals surface area contributed by atoms with Crippen molar-refractivity contribution in [1.82, 2.24) is 5.32 Å². The predicted octanol–water partition coefficient (Wildman–Crippen LogP) is 6.00. The predicted molar refractivity (Wildman–Crippen MR) is 122 cm³/mol. The first-order chi connectivity index (χ1) is 13.8. The van der Waals surface area contributed by atoms with Crippen LogP contribution in [0.25, 0.3) is 5.57 Å². The van der Waals surface area contributed by atoms with Crippen molar-refractivity contribution in [1.29, 1.82) is 0 Å². The summed E-state index contributed by atoms with van der Waals surface area (Å²) in [7, 11) is 0. The molecule has 0 aromatic heterocycles. The van der Waals surface area contributed by atoms with Crippen molar-refractivity contribution >= 4 is 18.0 Å². The molecule has 30 heavy (non-hydrogen) atoms. The molecule has 2 aliphatic rings. The van der Waals surface area contributed by atoms with Gasteiger partial charge in [-0.05, 0) is 98.5 Å². The van der Waals surface area contributed by atoms with Crippen LogP contribution in [0.1, 0.15) is 62.6 Å². The molecule has 1 unspecified atom stereocenters. The van der Waals surface area contributed by atoms with Crippen molar-refractivity contribution in [2.45, 2.75) is 58.0 Å². The highest BCUT2D eigenvalue weighted by atomic mass is 35.5. The molecular weight excluding hydrogens is 401 g/mol. The van der Waals surface area contributed by atoms with Crippen LogP contribution >= 0.6 is 12.4 Å². The largest absolute Gasteiger partial charge is 0.507 e. The number of halogens is 2. The molecule has 2 aliphatic heterocycles. The summed E-state index contributed by atoms with van der Waals surface area (Å²) in [4.78, 5) is 0. The molecule has 2 heterocycles. The Hall–Kier alpha value is -2.04. The summed E-state index contributed by atoms with van der Waals surface area (Å²) in [5.74, 6) is 1.21. The van der Waals surface area contributed by atoms with Crippen LogP contribution < -0.4 is 10.1 Å². The summed E-state index contributed by atoms with van der Waals surface area (Å²) in [6, 6.07) is 10.7. The van der Waals surface area contributed by atoms with Crippen molar-refractivity contribution in [3.63, 3.8) is 0 Å². The Morgan fingerprint density at radius 1 is 1.20 bits per heavy atom. The van der Waals surface area contributed by atoms with Crippen molar-refractivity contribution in [3.05, 3.63) is 64.5 Å². The highest BCUT2D eigenvalue weighted by Gasteiger charge is 2.37. The summed E-state index contributed by atoms with van der Waals surface area (Å²) < 4.78 is 19.4. The zero-order valence-corrected chi connectivity index (χ0v) is 18.7. The van der Waals surface area contributed by atoms with E-state index >= 15 is 0 Å². The van der Waals surface area contributed by atoms with Gasteiger partial charge >= 0.3 is 0 Å². The second-order valence-electron chi connectivity index (χ2n) is 8.83. The third kappa shape index (κ3) is 4.50. The molecule has 0 saturated carbocycles. The standard InChI is InChI=1S/C25H30FNO2.ClH/c1-16(5-4-6-17-7-9-19(26)10-8-17)18-13-22(28)24-20-15-27-12-11-21(20)25(2,3)29-23(24)14-18;/h7-10,13-14,16,27-28H,4-6,11-12,15H2,1-3H3;1H. The van der Waals surface area contributed by atoms with Crippen LogP contribution in [0.2, 0.25) is 0 Å².